The fraction of sp³-hybridized carbons (Fsp3) is 0.615. The summed E-state index contributed by atoms with van der Waals surface area (Å²) in [7, 11) is 0. The van der Waals surface area contributed by atoms with Crippen LogP contribution in [0.15, 0.2) is 12.3 Å². The summed E-state index contributed by atoms with van der Waals surface area (Å²) in [6.45, 7) is 2.34. The normalized spacial score (nSPS) is 26.9. The van der Waals surface area contributed by atoms with Crippen LogP contribution in [-0.2, 0) is 0 Å². The highest BCUT2D eigenvalue weighted by Gasteiger charge is 2.31. The van der Waals surface area contributed by atoms with E-state index in [1.807, 2.05) is 0 Å². The number of nitrogens with one attached hydrogen (secondary N) is 1. The predicted octanol–water partition coefficient (Wildman–Crippen LogP) is 1.21. The van der Waals surface area contributed by atoms with Gasteiger partial charge >= 0.3 is 5.97 Å². The Morgan fingerprint density at radius 2 is 2.32 bits per heavy atom. The molecule has 0 amide bonds. The molecule has 2 atom stereocenters. The Bertz CT molecular complexity index is 479. The minimum Gasteiger partial charge on any atom is -0.477 e. The molecule has 3 heterocycles. The number of carbonyl (C=O) groups is 1. The van der Waals surface area contributed by atoms with Crippen LogP contribution in [0.4, 0.5) is 5.95 Å². The van der Waals surface area contributed by atoms with Crippen molar-refractivity contribution in [1.29, 1.82) is 0 Å². The number of aromatic nitrogens is 2. The molecule has 0 aliphatic carbocycles. The van der Waals surface area contributed by atoms with Crippen LogP contribution in [0, 0.1) is 0 Å². The zero-order valence-corrected chi connectivity index (χ0v) is 10.7. The highest BCUT2D eigenvalue weighted by Crippen LogP contribution is 2.27. The number of hydrogen-bond donors (Lipinski definition) is 2. The fourth-order valence-electron chi connectivity index (χ4n) is 3.09. The fourth-order valence-corrected chi connectivity index (χ4v) is 3.09. The van der Waals surface area contributed by atoms with E-state index in [4.69, 9.17) is 5.11 Å². The van der Waals surface area contributed by atoms with Crippen LogP contribution >= 0.6 is 0 Å². The summed E-state index contributed by atoms with van der Waals surface area (Å²) in [6.07, 6.45) is 6.22. The lowest BCUT2D eigenvalue weighted by molar-refractivity contribution is 0.0690. The van der Waals surface area contributed by atoms with Crippen molar-refractivity contribution in [1.82, 2.24) is 14.9 Å². The van der Waals surface area contributed by atoms with Gasteiger partial charge < -0.3 is 15.3 Å². The third-order valence-corrected chi connectivity index (χ3v) is 4.03. The molecule has 1 aromatic heterocycles. The summed E-state index contributed by atoms with van der Waals surface area (Å²) in [5, 5.41) is 12.2. The Kier molecular flexibility index (Phi) is 3.33. The lowest BCUT2D eigenvalue weighted by atomic mass is 9.98. The number of nitrogens with zero attached hydrogens (tertiary/aromatic N) is 3. The van der Waals surface area contributed by atoms with Gasteiger partial charge in [-0.15, -0.1) is 0 Å². The molecular formula is C13H18N4O2. The Morgan fingerprint density at radius 3 is 3.16 bits per heavy atom. The molecule has 0 saturated carbocycles. The Balaban J connectivity index is 1.65. The Hall–Kier alpha value is -1.69. The van der Waals surface area contributed by atoms with Crippen molar-refractivity contribution < 1.29 is 9.90 Å². The maximum absolute atomic E-state index is 10.9. The molecule has 6 nitrogen and oxygen atoms in total. The molecule has 2 aliphatic rings. The van der Waals surface area contributed by atoms with Crippen LogP contribution in [-0.4, -0.2) is 51.1 Å². The van der Waals surface area contributed by atoms with E-state index < -0.39 is 5.97 Å². The van der Waals surface area contributed by atoms with Gasteiger partial charge in [-0.05, 0) is 38.3 Å². The predicted molar refractivity (Wildman–Crippen MR) is 70.2 cm³/mol. The third-order valence-electron chi connectivity index (χ3n) is 4.03. The van der Waals surface area contributed by atoms with Crippen LogP contribution < -0.4 is 5.32 Å². The maximum Gasteiger partial charge on any atom is 0.354 e. The average molecular weight is 262 g/mol. The van der Waals surface area contributed by atoms with Gasteiger partial charge in [0.2, 0.25) is 5.95 Å². The quantitative estimate of drug-likeness (QED) is 0.852. The van der Waals surface area contributed by atoms with Gasteiger partial charge in [-0.1, -0.05) is 0 Å². The zero-order valence-electron chi connectivity index (χ0n) is 10.7. The van der Waals surface area contributed by atoms with Crippen LogP contribution in [0.1, 0.15) is 36.2 Å². The molecule has 2 saturated heterocycles. The maximum atomic E-state index is 10.9. The zero-order chi connectivity index (χ0) is 13.2. The standard InChI is InChI=1S/C13H18N4O2/c18-12(19)11-3-5-14-13(16-11)15-9-4-7-17-6-1-2-10(17)8-9/h3,5,9-10H,1-2,4,6-8H2,(H,18,19)(H,14,15,16). The lowest BCUT2D eigenvalue weighted by Crippen LogP contribution is -2.43. The van der Waals surface area contributed by atoms with E-state index in [0.717, 1.165) is 19.4 Å². The largest absolute Gasteiger partial charge is 0.477 e. The van der Waals surface area contributed by atoms with Gasteiger partial charge in [-0.25, -0.2) is 14.8 Å². The summed E-state index contributed by atoms with van der Waals surface area (Å²) >= 11 is 0. The van der Waals surface area contributed by atoms with Crippen molar-refractivity contribution in [3.63, 3.8) is 0 Å². The molecular weight excluding hydrogens is 244 g/mol. The highest BCUT2D eigenvalue weighted by molar-refractivity contribution is 5.85. The monoisotopic (exact) mass is 262 g/mol. The summed E-state index contributed by atoms with van der Waals surface area (Å²) in [4.78, 5) is 21.5. The molecule has 2 N–H and O–H groups in total. The van der Waals surface area contributed by atoms with E-state index in [1.54, 1.807) is 0 Å². The minimum absolute atomic E-state index is 0.0378. The molecule has 0 spiro atoms. The first-order valence-corrected chi connectivity index (χ1v) is 6.79. The Morgan fingerprint density at radius 1 is 1.42 bits per heavy atom. The van der Waals surface area contributed by atoms with Crippen LogP contribution in [0.3, 0.4) is 0 Å². The number of piperidine rings is 1. The number of hydrogen-bond acceptors (Lipinski definition) is 5. The van der Waals surface area contributed by atoms with E-state index in [9.17, 15) is 4.79 Å². The molecule has 19 heavy (non-hydrogen) atoms. The topological polar surface area (TPSA) is 78.3 Å². The first-order chi connectivity index (χ1) is 9.22. The Labute approximate surface area is 111 Å². The minimum atomic E-state index is -1.02. The molecule has 0 bridgehead atoms. The number of fused-ring (bicyclic) bond motifs is 1. The van der Waals surface area contributed by atoms with Crippen LogP contribution in [0.2, 0.25) is 0 Å². The van der Waals surface area contributed by atoms with Gasteiger partial charge in [-0.2, -0.15) is 0 Å². The van der Waals surface area contributed by atoms with E-state index in [0.29, 0.717) is 18.0 Å². The van der Waals surface area contributed by atoms with Crippen LogP contribution in [0.5, 0.6) is 0 Å². The summed E-state index contributed by atoms with van der Waals surface area (Å²) in [5.41, 5.74) is 0.0378. The summed E-state index contributed by atoms with van der Waals surface area (Å²) in [6, 6.07) is 2.44. The van der Waals surface area contributed by atoms with Gasteiger partial charge in [0.15, 0.2) is 5.69 Å². The summed E-state index contributed by atoms with van der Waals surface area (Å²) < 4.78 is 0. The van der Waals surface area contributed by atoms with E-state index in [-0.39, 0.29) is 5.69 Å². The number of aromatic carboxylic acids is 1. The lowest BCUT2D eigenvalue weighted by Gasteiger charge is -2.35. The van der Waals surface area contributed by atoms with Crippen molar-refractivity contribution in [2.24, 2.45) is 0 Å². The second kappa shape index (κ2) is 5.13. The van der Waals surface area contributed by atoms with Crippen LogP contribution in [0.25, 0.3) is 0 Å². The molecule has 102 valence electrons. The molecule has 0 aromatic carbocycles. The number of carboxylic acids is 1. The van der Waals surface area contributed by atoms with E-state index in [2.05, 4.69) is 20.2 Å². The summed E-state index contributed by atoms with van der Waals surface area (Å²) in [5.74, 6) is -0.590. The first kappa shape index (κ1) is 12.3. The molecule has 3 rings (SSSR count). The molecule has 2 fully saturated rings. The number of anilines is 1. The second-order valence-corrected chi connectivity index (χ2v) is 5.27. The van der Waals surface area contributed by atoms with Crippen molar-refractivity contribution in [2.75, 3.05) is 18.4 Å². The van der Waals surface area contributed by atoms with Gasteiger partial charge in [0.1, 0.15) is 0 Å². The van der Waals surface area contributed by atoms with E-state index >= 15 is 0 Å². The van der Waals surface area contributed by atoms with Crippen molar-refractivity contribution in [2.45, 2.75) is 37.8 Å². The molecule has 2 unspecified atom stereocenters. The molecule has 0 radical (unpaired) electrons. The van der Waals surface area contributed by atoms with Crippen molar-refractivity contribution in [3.05, 3.63) is 18.0 Å². The smallest absolute Gasteiger partial charge is 0.354 e. The van der Waals surface area contributed by atoms with E-state index in [1.165, 1.54) is 31.6 Å². The SMILES string of the molecule is O=C(O)c1ccnc(NC2CCN3CCCC3C2)n1. The third kappa shape index (κ3) is 2.68. The molecule has 2 aliphatic heterocycles. The second-order valence-electron chi connectivity index (χ2n) is 5.27. The first-order valence-electron chi connectivity index (χ1n) is 6.79. The van der Waals surface area contributed by atoms with Gasteiger partial charge in [0, 0.05) is 24.8 Å². The number of rotatable bonds is 3. The number of carboxylic acid groups (broad SMARTS) is 1. The van der Waals surface area contributed by atoms with Gasteiger partial charge in [-0.3, -0.25) is 0 Å². The van der Waals surface area contributed by atoms with Gasteiger partial charge in [0.25, 0.3) is 0 Å². The molecule has 6 heteroatoms. The molecule has 1 aromatic rings. The van der Waals surface area contributed by atoms with Crippen molar-refractivity contribution in [3.8, 4) is 0 Å². The highest BCUT2D eigenvalue weighted by atomic mass is 16.4. The average Bonchev–Trinajstić information content (AvgIpc) is 2.86. The van der Waals surface area contributed by atoms with Crippen molar-refractivity contribution >= 4 is 11.9 Å². The van der Waals surface area contributed by atoms with Gasteiger partial charge in [0.05, 0.1) is 0 Å².